The van der Waals surface area contributed by atoms with Crippen molar-refractivity contribution in [2.24, 2.45) is 5.92 Å². The summed E-state index contributed by atoms with van der Waals surface area (Å²) in [6, 6.07) is 10.9. The number of ether oxygens (including phenoxy) is 1. The number of benzene rings is 1. The molecule has 4 atom stereocenters. The summed E-state index contributed by atoms with van der Waals surface area (Å²) in [6.45, 7) is 7.30. The van der Waals surface area contributed by atoms with Gasteiger partial charge < -0.3 is 19.4 Å². The molecule has 0 saturated carbocycles. The van der Waals surface area contributed by atoms with E-state index in [2.05, 4.69) is 14.8 Å². The van der Waals surface area contributed by atoms with Gasteiger partial charge in [0.05, 0.1) is 29.1 Å². The molecule has 0 spiro atoms. The van der Waals surface area contributed by atoms with Crippen molar-refractivity contribution in [1.82, 2.24) is 9.88 Å². The van der Waals surface area contributed by atoms with Crippen LogP contribution in [-0.2, 0) is 16.0 Å². The lowest BCUT2D eigenvalue weighted by atomic mass is 9.82. The predicted molar refractivity (Wildman–Crippen MR) is 124 cm³/mol. The molecule has 1 aromatic carbocycles. The highest BCUT2D eigenvalue weighted by molar-refractivity contribution is 5.83. The van der Waals surface area contributed by atoms with E-state index in [4.69, 9.17) is 4.74 Å². The van der Waals surface area contributed by atoms with Gasteiger partial charge >= 0.3 is 0 Å². The Morgan fingerprint density at radius 2 is 1.91 bits per heavy atom. The minimum Gasteiger partial charge on any atom is -0.372 e. The lowest BCUT2D eigenvalue weighted by Crippen LogP contribution is -2.62. The first-order chi connectivity index (χ1) is 15.9. The average molecular weight is 452 g/mol. The number of carbonyl (C=O) groups is 1. The summed E-state index contributed by atoms with van der Waals surface area (Å²) in [7, 11) is 0. The first-order valence-corrected chi connectivity index (χ1v) is 11.5. The maximum absolute atomic E-state index is 13.8. The largest absolute Gasteiger partial charge is 0.372 e. The van der Waals surface area contributed by atoms with Crippen molar-refractivity contribution < 1.29 is 14.5 Å². The van der Waals surface area contributed by atoms with Gasteiger partial charge in [-0.05, 0) is 44.0 Å². The summed E-state index contributed by atoms with van der Waals surface area (Å²) in [5, 5.41) is 11.4. The molecule has 2 aromatic rings. The van der Waals surface area contributed by atoms with E-state index in [0.29, 0.717) is 26.1 Å². The van der Waals surface area contributed by atoms with Crippen molar-refractivity contribution in [2.75, 3.05) is 42.5 Å². The molecule has 0 radical (unpaired) electrons. The number of anilines is 2. The number of amides is 1. The van der Waals surface area contributed by atoms with E-state index in [1.807, 2.05) is 43.0 Å². The van der Waals surface area contributed by atoms with E-state index in [1.165, 1.54) is 0 Å². The van der Waals surface area contributed by atoms with Crippen LogP contribution in [0, 0.1) is 16.0 Å². The summed E-state index contributed by atoms with van der Waals surface area (Å²) in [5.41, 5.74) is 1.94. The summed E-state index contributed by atoms with van der Waals surface area (Å²) in [5.74, 6) is 0.724. The number of nitro benzene ring substituents is 1. The molecule has 2 fully saturated rings. The van der Waals surface area contributed by atoms with Crippen LogP contribution in [0.25, 0.3) is 0 Å². The first-order valence-electron chi connectivity index (χ1n) is 11.5. The molecule has 1 amide bonds. The van der Waals surface area contributed by atoms with Crippen molar-refractivity contribution in [2.45, 2.75) is 38.5 Å². The molecule has 9 nitrogen and oxygen atoms in total. The highest BCUT2D eigenvalue weighted by Crippen LogP contribution is 2.39. The fourth-order valence-electron chi connectivity index (χ4n) is 5.55. The predicted octanol–water partition coefficient (Wildman–Crippen LogP) is 2.49. The Morgan fingerprint density at radius 1 is 1.12 bits per heavy atom. The molecule has 0 N–H and O–H groups in total. The van der Waals surface area contributed by atoms with Crippen LogP contribution < -0.4 is 9.80 Å². The van der Waals surface area contributed by atoms with Crippen molar-refractivity contribution in [3.8, 4) is 0 Å². The van der Waals surface area contributed by atoms with Gasteiger partial charge in [-0.3, -0.25) is 14.9 Å². The summed E-state index contributed by atoms with van der Waals surface area (Å²) in [4.78, 5) is 35.8. The fraction of sp³-hybridized carbons (Fsp3) is 0.500. The maximum Gasteiger partial charge on any atom is 0.269 e. The molecular formula is C24H29N5O4. The molecule has 1 aromatic heterocycles. The SMILES string of the molecule is C[C@@H]1CN(C(=O)[C@@H]2Cc3cc([N+](=O)[O-])ccc3N3CCN(c4ccccn4)C[C@@H]23)C[C@@H](C)O1. The van der Waals surface area contributed by atoms with Crippen LogP contribution >= 0.6 is 0 Å². The van der Waals surface area contributed by atoms with E-state index in [0.717, 1.165) is 30.2 Å². The van der Waals surface area contributed by atoms with Crippen LogP contribution in [0.1, 0.15) is 19.4 Å². The Balaban J connectivity index is 1.49. The van der Waals surface area contributed by atoms with Crippen LogP contribution in [0.5, 0.6) is 0 Å². The van der Waals surface area contributed by atoms with Gasteiger partial charge in [-0.15, -0.1) is 0 Å². The van der Waals surface area contributed by atoms with Gasteiger partial charge in [0, 0.05) is 56.7 Å². The zero-order chi connectivity index (χ0) is 23.1. The van der Waals surface area contributed by atoms with Gasteiger partial charge in [-0.2, -0.15) is 0 Å². The van der Waals surface area contributed by atoms with Crippen molar-refractivity contribution in [1.29, 1.82) is 0 Å². The Morgan fingerprint density at radius 3 is 2.61 bits per heavy atom. The van der Waals surface area contributed by atoms with Crippen LogP contribution in [0.15, 0.2) is 42.6 Å². The Bertz CT molecular complexity index is 1040. The lowest BCUT2D eigenvalue weighted by Gasteiger charge is -2.50. The normalized spacial score (nSPS) is 27.0. The van der Waals surface area contributed by atoms with Gasteiger partial charge in [0.15, 0.2) is 0 Å². The molecular weight excluding hydrogens is 422 g/mol. The lowest BCUT2D eigenvalue weighted by molar-refractivity contribution is -0.384. The van der Waals surface area contributed by atoms with Crippen LogP contribution in [0.3, 0.4) is 0 Å². The number of piperazine rings is 1. The van der Waals surface area contributed by atoms with Gasteiger partial charge in [0.1, 0.15) is 5.82 Å². The third kappa shape index (κ3) is 4.13. The molecule has 33 heavy (non-hydrogen) atoms. The van der Waals surface area contributed by atoms with Crippen molar-refractivity contribution in [3.63, 3.8) is 0 Å². The van der Waals surface area contributed by atoms with Crippen molar-refractivity contribution >= 4 is 23.1 Å². The van der Waals surface area contributed by atoms with Gasteiger partial charge in [0.2, 0.25) is 5.91 Å². The van der Waals surface area contributed by atoms with Gasteiger partial charge in [-0.1, -0.05) is 6.07 Å². The van der Waals surface area contributed by atoms with Crippen LogP contribution in [-0.4, -0.2) is 71.7 Å². The minimum atomic E-state index is -0.368. The molecule has 9 heteroatoms. The van der Waals surface area contributed by atoms with Gasteiger partial charge in [-0.25, -0.2) is 4.98 Å². The maximum atomic E-state index is 13.8. The number of carbonyl (C=O) groups excluding carboxylic acids is 1. The van der Waals surface area contributed by atoms with Gasteiger partial charge in [0.25, 0.3) is 5.69 Å². The molecule has 5 rings (SSSR count). The second kappa shape index (κ2) is 8.62. The van der Waals surface area contributed by atoms with E-state index in [-0.39, 0.29) is 40.7 Å². The third-order valence-corrected chi connectivity index (χ3v) is 6.93. The standard InChI is InChI=1S/C24H29N5O4/c1-16-13-27(14-17(2)33-16)24(30)20-12-18-11-19(29(31)32)6-7-21(18)28-10-9-26(15-22(20)28)23-5-3-4-8-25-23/h3-8,11,16-17,20,22H,9-10,12-15H2,1-2H3/t16-,17-,20-,22+/m1/s1. The average Bonchev–Trinajstić information content (AvgIpc) is 2.82. The second-order valence-electron chi connectivity index (χ2n) is 9.28. The molecule has 3 aliphatic heterocycles. The third-order valence-electron chi connectivity index (χ3n) is 6.93. The minimum absolute atomic E-state index is 0.0119. The molecule has 3 aliphatic rings. The Kier molecular flexibility index (Phi) is 5.65. The number of nitrogens with zero attached hydrogens (tertiary/aromatic N) is 5. The second-order valence-corrected chi connectivity index (χ2v) is 9.28. The van der Waals surface area contributed by atoms with E-state index < -0.39 is 0 Å². The molecule has 2 saturated heterocycles. The zero-order valence-corrected chi connectivity index (χ0v) is 19.0. The molecule has 4 heterocycles. The monoisotopic (exact) mass is 451 g/mol. The Labute approximate surface area is 193 Å². The number of nitro groups is 1. The molecule has 0 unspecified atom stereocenters. The molecule has 174 valence electrons. The number of rotatable bonds is 3. The highest BCUT2D eigenvalue weighted by Gasteiger charge is 2.44. The Hall–Kier alpha value is -3.20. The molecule has 0 aliphatic carbocycles. The zero-order valence-electron chi connectivity index (χ0n) is 19.0. The summed E-state index contributed by atoms with van der Waals surface area (Å²) < 4.78 is 5.84. The van der Waals surface area contributed by atoms with E-state index >= 15 is 0 Å². The highest BCUT2D eigenvalue weighted by atomic mass is 16.6. The summed E-state index contributed by atoms with van der Waals surface area (Å²) in [6.07, 6.45) is 2.26. The number of non-ortho nitro benzene ring substituents is 1. The number of hydrogen-bond donors (Lipinski definition) is 0. The van der Waals surface area contributed by atoms with Crippen LogP contribution in [0.4, 0.5) is 17.2 Å². The smallest absolute Gasteiger partial charge is 0.269 e. The number of fused-ring (bicyclic) bond motifs is 3. The topological polar surface area (TPSA) is 92.0 Å². The number of aromatic nitrogens is 1. The summed E-state index contributed by atoms with van der Waals surface area (Å²) >= 11 is 0. The van der Waals surface area contributed by atoms with Crippen molar-refractivity contribution in [3.05, 3.63) is 58.3 Å². The quantitative estimate of drug-likeness (QED) is 0.523. The van der Waals surface area contributed by atoms with E-state index in [9.17, 15) is 14.9 Å². The van der Waals surface area contributed by atoms with E-state index in [1.54, 1.807) is 18.3 Å². The molecule has 0 bridgehead atoms. The number of morpholine rings is 1. The van der Waals surface area contributed by atoms with Crippen LogP contribution in [0.2, 0.25) is 0 Å². The number of pyridine rings is 1. The number of hydrogen-bond acceptors (Lipinski definition) is 7. The fourth-order valence-corrected chi connectivity index (χ4v) is 5.55. The first kappa shape index (κ1) is 21.6.